The summed E-state index contributed by atoms with van der Waals surface area (Å²) in [7, 11) is 2.43. The average molecular weight is 525 g/mol. The minimum absolute atomic E-state index is 0.0281. The van der Waals surface area contributed by atoms with E-state index in [1.807, 2.05) is 0 Å². The van der Waals surface area contributed by atoms with Gasteiger partial charge in [-0.15, -0.1) is 0 Å². The van der Waals surface area contributed by atoms with Crippen molar-refractivity contribution in [2.45, 2.75) is 59.9 Å². The molecule has 1 atom stereocenters. The van der Waals surface area contributed by atoms with Gasteiger partial charge in [0.2, 0.25) is 11.8 Å². The Morgan fingerprint density at radius 3 is 2.31 bits per heavy atom. The topological polar surface area (TPSA) is 117 Å². The maximum absolute atomic E-state index is 13.8. The van der Waals surface area contributed by atoms with Crippen LogP contribution in [0.3, 0.4) is 0 Å². The zero-order valence-corrected chi connectivity index (χ0v) is 23.3. The lowest BCUT2D eigenvalue weighted by molar-refractivity contribution is -0.131. The predicted octanol–water partition coefficient (Wildman–Crippen LogP) is 2.50. The van der Waals surface area contributed by atoms with Gasteiger partial charge in [0.15, 0.2) is 0 Å². The van der Waals surface area contributed by atoms with Gasteiger partial charge in [0, 0.05) is 42.0 Å². The highest BCUT2D eigenvalue weighted by molar-refractivity contribution is 7.85. The fourth-order valence-electron chi connectivity index (χ4n) is 3.69. The third-order valence-corrected chi connectivity index (χ3v) is 7.53. The maximum Gasteiger partial charge on any atom is 0.270 e. The Labute approximate surface area is 216 Å². The molecular weight excluding hydrogens is 483 g/mol. The molecule has 202 valence electrons. The van der Waals surface area contributed by atoms with E-state index in [0.717, 1.165) is 17.4 Å². The normalized spacial score (nSPS) is 18.8. The Morgan fingerprint density at radius 1 is 1.19 bits per heavy atom. The molecule has 0 aliphatic carbocycles. The fraction of sp³-hybridized carbons (Fsp3) is 0.615. The molecule has 1 aliphatic heterocycles. The van der Waals surface area contributed by atoms with Crippen molar-refractivity contribution in [1.29, 1.82) is 0 Å². The number of hydrogen-bond donors (Lipinski definition) is 3. The van der Waals surface area contributed by atoms with Crippen LogP contribution in [0.15, 0.2) is 23.2 Å². The van der Waals surface area contributed by atoms with Crippen LogP contribution in [0.1, 0.15) is 58.1 Å². The minimum Gasteiger partial charge on any atom is -0.358 e. The second kappa shape index (κ2) is 14.8. The summed E-state index contributed by atoms with van der Waals surface area (Å²) in [5.74, 6) is 0.900. The molecular formula is C26H41FN4O4S. The van der Waals surface area contributed by atoms with E-state index < -0.39 is 39.9 Å². The number of hydrogen-bond acceptors (Lipinski definition) is 5. The first-order chi connectivity index (χ1) is 16.8. The summed E-state index contributed by atoms with van der Waals surface area (Å²) < 4.78 is 24.7. The first kappa shape index (κ1) is 31.4. The number of rotatable bonds is 7. The highest BCUT2D eigenvalue weighted by Crippen LogP contribution is 2.21. The highest BCUT2D eigenvalue weighted by Gasteiger charge is 2.34. The molecule has 8 nitrogen and oxygen atoms in total. The van der Waals surface area contributed by atoms with Crippen LogP contribution >= 0.6 is 0 Å². The van der Waals surface area contributed by atoms with E-state index in [1.54, 1.807) is 33.8 Å². The number of halogens is 1. The van der Waals surface area contributed by atoms with Crippen molar-refractivity contribution in [3.63, 3.8) is 0 Å². The molecule has 1 saturated heterocycles. The Kier molecular flexibility index (Phi) is 12.9. The zero-order valence-electron chi connectivity index (χ0n) is 22.5. The van der Waals surface area contributed by atoms with Crippen LogP contribution in [0, 0.1) is 24.1 Å². The summed E-state index contributed by atoms with van der Waals surface area (Å²) in [6.45, 7) is 8.93. The van der Waals surface area contributed by atoms with Crippen LogP contribution in [0.25, 0.3) is 0 Å². The maximum atomic E-state index is 13.8. The fourth-order valence-corrected chi connectivity index (χ4v) is 5.09. The van der Waals surface area contributed by atoms with E-state index >= 15 is 0 Å². The number of carbonyl (C=O) groups excluding carboxylic acids is 3. The monoisotopic (exact) mass is 524 g/mol. The molecule has 10 heteroatoms. The number of benzene rings is 1. The van der Waals surface area contributed by atoms with Crippen LogP contribution in [-0.2, 0) is 25.2 Å². The Hall–Kier alpha value is -2.62. The molecule has 0 spiro atoms. The molecule has 1 aliphatic rings. The first-order valence-electron chi connectivity index (χ1n) is 12.2. The standard InChI is InChI=1S/C19H27FN4O3.C7H14OS/c1-11-12(8-7-9-13(11)20)15(22-6)17(26)24-16(19(2,3)4)18(27)23-10-14(25)21-5;1-2-7-3-5-9(8)6-4-7/h7-9,16H,10H2,1-6H3,(H,21,25)(H,23,27)(H,24,26);7H,2-6H2,1H3. The van der Waals surface area contributed by atoms with Gasteiger partial charge in [-0.05, 0) is 42.7 Å². The second-order valence-corrected chi connectivity index (χ2v) is 11.5. The van der Waals surface area contributed by atoms with Crippen molar-refractivity contribution < 1.29 is 23.0 Å². The molecule has 1 aromatic carbocycles. The number of aliphatic imine (C=N–C) groups is 1. The molecule has 0 aromatic heterocycles. The van der Waals surface area contributed by atoms with Crippen LogP contribution in [0.5, 0.6) is 0 Å². The van der Waals surface area contributed by atoms with Crippen molar-refractivity contribution in [2.24, 2.45) is 16.3 Å². The molecule has 1 unspecified atom stereocenters. The summed E-state index contributed by atoms with van der Waals surface area (Å²) in [5, 5.41) is 7.56. The molecule has 0 radical (unpaired) electrons. The number of likely N-dealkylation sites (N-methyl/N-ethyl adjacent to an activating group) is 1. The Morgan fingerprint density at radius 2 is 1.81 bits per heavy atom. The molecule has 1 fully saturated rings. The number of carbonyl (C=O) groups is 3. The van der Waals surface area contributed by atoms with Crippen LogP contribution in [0.4, 0.5) is 4.39 Å². The quantitative estimate of drug-likeness (QED) is 0.475. The van der Waals surface area contributed by atoms with E-state index in [1.165, 1.54) is 45.5 Å². The first-order valence-corrected chi connectivity index (χ1v) is 13.7. The van der Waals surface area contributed by atoms with Gasteiger partial charge in [0.05, 0.1) is 6.54 Å². The smallest absolute Gasteiger partial charge is 0.270 e. The second-order valence-electron chi connectivity index (χ2n) is 9.85. The van der Waals surface area contributed by atoms with Crippen molar-refractivity contribution in [2.75, 3.05) is 32.1 Å². The van der Waals surface area contributed by atoms with Gasteiger partial charge in [-0.1, -0.05) is 46.2 Å². The number of nitrogens with zero attached hydrogens (tertiary/aromatic N) is 1. The van der Waals surface area contributed by atoms with E-state index in [-0.39, 0.29) is 18.2 Å². The summed E-state index contributed by atoms with van der Waals surface area (Å²) in [5.41, 5.74) is 0.0524. The van der Waals surface area contributed by atoms with Gasteiger partial charge in [-0.3, -0.25) is 23.6 Å². The van der Waals surface area contributed by atoms with E-state index in [2.05, 4.69) is 27.9 Å². The average Bonchev–Trinajstić information content (AvgIpc) is 2.84. The van der Waals surface area contributed by atoms with Gasteiger partial charge in [0.1, 0.15) is 17.6 Å². The SMILES string of the molecule is CCC1CCS(=O)CC1.CN=C(C(=O)NC(C(=O)NCC(=O)NC)C(C)(C)C)c1cccc(F)c1C. The predicted molar refractivity (Wildman–Crippen MR) is 143 cm³/mol. The van der Waals surface area contributed by atoms with E-state index in [9.17, 15) is 23.0 Å². The van der Waals surface area contributed by atoms with Gasteiger partial charge < -0.3 is 16.0 Å². The molecule has 1 heterocycles. The summed E-state index contributed by atoms with van der Waals surface area (Å²) in [4.78, 5) is 40.6. The van der Waals surface area contributed by atoms with Crippen molar-refractivity contribution in [3.8, 4) is 0 Å². The lowest BCUT2D eigenvalue weighted by Gasteiger charge is -2.30. The van der Waals surface area contributed by atoms with Crippen LogP contribution in [0.2, 0.25) is 0 Å². The number of amides is 3. The molecule has 36 heavy (non-hydrogen) atoms. The number of nitrogens with one attached hydrogen (secondary N) is 3. The molecule has 0 bridgehead atoms. The highest BCUT2D eigenvalue weighted by atomic mass is 32.2. The molecule has 3 N–H and O–H groups in total. The Balaban J connectivity index is 0.000000600. The van der Waals surface area contributed by atoms with Crippen LogP contribution < -0.4 is 16.0 Å². The van der Waals surface area contributed by atoms with E-state index in [0.29, 0.717) is 11.1 Å². The minimum atomic E-state index is -0.916. The van der Waals surface area contributed by atoms with Gasteiger partial charge in [0.25, 0.3) is 5.91 Å². The lowest BCUT2D eigenvalue weighted by Crippen LogP contribution is -2.56. The van der Waals surface area contributed by atoms with Crippen LogP contribution in [-0.4, -0.2) is 65.8 Å². The van der Waals surface area contributed by atoms with Gasteiger partial charge in [-0.2, -0.15) is 0 Å². The summed E-state index contributed by atoms with van der Waals surface area (Å²) in [6.07, 6.45) is 3.67. The molecule has 0 saturated carbocycles. The molecule has 1 aromatic rings. The molecule has 2 rings (SSSR count). The molecule has 3 amide bonds. The zero-order chi connectivity index (χ0) is 27.5. The van der Waals surface area contributed by atoms with Crippen molar-refractivity contribution in [3.05, 3.63) is 35.1 Å². The third-order valence-electron chi connectivity index (χ3n) is 6.15. The lowest BCUT2D eigenvalue weighted by atomic mass is 9.85. The largest absolute Gasteiger partial charge is 0.358 e. The Bertz CT molecular complexity index is 965. The van der Waals surface area contributed by atoms with Gasteiger partial charge >= 0.3 is 0 Å². The van der Waals surface area contributed by atoms with Crippen molar-refractivity contribution in [1.82, 2.24) is 16.0 Å². The summed E-state index contributed by atoms with van der Waals surface area (Å²) in [6, 6.07) is 3.47. The third kappa shape index (κ3) is 9.79. The summed E-state index contributed by atoms with van der Waals surface area (Å²) >= 11 is 0. The van der Waals surface area contributed by atoms with E-state index in [4.69, 9.17) is 0 Å². The van der Waals surface area contributed by atoms with Crippen molar-refractivity contribution >= 4 is 34.2 Å². The van der Waals surface area contributed by atoms with Gasteiger partial charge in [-0.25, -0.2) is 4.39 Å².